The van der Waals surface area contributed by atoms with Gasteiger partial charge in [-0.3, -0.25) is 9.59 Å². The van der Waals surface area contributed by atoms with Crippen molar-refractivity contribution in [3.63, 3.8) is 0 Å². The highest BCUT2D eigenvalue weighted by Gasteiger charge is 2.05. The topological polar surface area (TPSA) is 49.4 Å². The second kappa shape index (κ2) is 7.80. The molecule has 1 rings (SSSR count). The Hall–Kier alpha value is -2.54. The van der Waals surface area contributed by atoms with Gasteiger partial charge in [-0.2, -0.15) is 0 Å². The Morgan fingerprint density at radius 2 is 2.15 bits per heavy atom. The van der Waals surface area contributed by atoms with Gasteiger partial charge in [0.1, 0.15) is 0 Å². The highest BCUT2D eigenvalue weighted by atomic mass is 16.1. The molecular weight excluding hydrogens is 252 g/mol. The van der Waals surface area contributed by atoms with Crippen molar-refractivity contribution in [2.24, 2.45) is 0 Å². The third kappa shape index (κ3) is 5.40. The molecule has 1 N–H and O–H groups in total. The SMILES string of the molecule is C#CCCC(=O)Nc1cccc(C(=O)C=CN(C)C)c1. The van der Waals surface area contributed by atoms with Gasteiger partial charge in [-0.15, -0.1) is 12.3 Å². The predicted octanol–water partition coefficient (Wildman–Crippen LogP) is 2.30. The van der Waals surface area contributed by atoms with E-state index in [2.05, 4.69) is 11.2 Å². The van der Waals surface area contributed by atoms with Gasteiger partial charge in [-0.1, -0.05) is 12.1 Å². The van der Waals surface area contributed by atoms with Crippen molar-refractivity contribution in [1.82, 2.24) is 4.90 Å². The summed E-state index contributed by atoms with van der Waals surface area (Å²) in [5, 5.41) is 2.72. The van der Waals surface area contributed by atoms with Crippen LogP contribution in [0.1, 0.15) is 23.2 Å². The third-order valence-electron chi connectivity index (χ3n) is 2.45. The zero-order chi connectivity index (χ0) is 15.0. The number of anilines is 1. The van der Waals surface area contributed by atoms with E-state index >= 15 is 0 Å². The summed E-state index contributed by atoms with van der Waals surface area (Å²) in [5.41, 5.74) is 1.12. The molecule has 0 atom stereocenters. The molecule has 4 heteroatoms. The lowest BCUT2D eigenvalue weighted by molar-refractivity contribution is -0.116. The molecule has 0 fully saturated rings. The first-order chi connectivity index (χ1) is 9.52. The van der Waals surface area contributed by atoms with Crippen LogP contribution in [-0.4, -0.2) is 30.7 Å². The van der Waals surface area contributed by atoms with Crippen molar-refractivity contribution in [3.05, 3.63) is 42.1 Å². The van der Waals surface area contributed by atoms with Crippen molar-refractivity contribution >= 4 is 17.4 Å². The smallest absolute Gasteiger partial charge is 0.225 e. The van der Waals surface area contributed by atoms with E-state index in [9.17, 15) is 9.59 Å². The molecule has 0 spiro atoms. The van der Waals surface area contributed by atoms with Crippen molar-refractivity contribution < 1.29 is 9.59 Å². The van der Waals surface area contributed by atoms with Crippen LogP contribution in [0.3, 0.4) is 0 Å². The first kappa shape index (κ1) is 15.5. The normalized spacial score (nSPS) is 10.1. The van der Waals surface area contributed by atoms with Crippen LogP contribution in [0, 0.1) is 12.3 Å². The quantitative estimate of drug-likeness (QED) is 0.490. The predicted molar refractivity (Wildman–Crippen MR) is 80.3 cm³/mol. The van der Waals surface area contributed by atoms with Crippen LogP contribution in [0.4, 0.5) is 5.69 Å². The minimum absolute atomic E-state index is 0.113. The van der Waals surface area contributed by atoms with Gasteiger partial charge in [0.25, 0.3) is 0 Å². The summed E-state index contributed by atoms with van der Waals surface area (Å²) < 4.78 is 0. The van der Waals surface area contributed by atoms with Gasteiger partial charge in [-0.05, 0) is 12.1 Å². The molecule has 0 radical (unpaired) electrons. The Labute approximate surface area is 119 Å². The van der Waals surface area contributed by atoms with Crippen molar-refractivity contribution in [2.45, 2.75) is 12.8 Å². The number of benzene rings is 1. The minimum atomic E-state index is -0.156. The fourth-order valence-electron chi connectivity index (χ4n) is 1.47. The van der Waals surface area contributed by atoms with E-state index in [1.807, 2.05) is 14.1 Å². The molecule has 0 heterocycles. The van der Waals surface area contributed by atoms with Gasteiger partial charge in [0.05, 0.1) is 0 Å². The van der Waals surface area contributed by atoms with E-state index in [1.54, 1.807) is 35.4 Å². The maximum absolute atomic E-state index is 11.9. The average Bonchev–Trinajstić information content (AvgIpc) is 2.42. The standard InChI is InChI=1S/C16H18N2O2/c1-4-5-9-16(20)17-14-8-6-7-13(12-14)15(19)10-11-18(2)3/h1,6-8,10-12H,5,9H2,2-3H3,(H,17,20). The van der Waals surface area contributed by atoms with Crippen LogP contribution >= 0.6 is 0 Å². The molecule has 0 saturated heterocycles. The van der Waals surface area contributed by atoms with Gasteiger partial charge in [0.2, 0.25) is 5.91 Å². The Morgan fingerprint density at radius 1 is 1.40 bits per heavy atom. The molecule has 0 aliphatic carbocycles. The lowest BCUT2D eigenvalue weighted by atomic mass is 10.1. The molecule has 0 aliphatic rings. The third-order valence-corrected chi connectivity index (χ3v) is 2.45. The van der Waals surface area contributed by atoms with E-state index in [0.29, 0.717) is 17.7 Å². The minimum Gasteiger partial charge on any atom is -0.383 e. The molecule has 0 unspecified atom stereocenters. The Kier molecular flexibility index (Phi) is 6.05. The maximum atomic E-state index is 11.9. The molecule has 104 valence electrons. The molecular formula is C16H18N2O2. The Bertz CT molecular complexity index is 554. The number of rotatable bonds is 6. The van der Waals surface area contributed by atoms with Crippen molar-refractivity contribution in [1.29, 1.82) is 0 Å². The molecule has 0 saturated carbocycles. The van der Waals surface area contributed by atoms with Crippen molar-refractivity contribution in [2.75, 3.05) is 19.4 Å². The van der Waals surface area contributed by atoms with Gasteiger partial charge in [0, 0.05) is 50.5 Å². The first-order valence-corrected chi connectivity index (χ1v) is 6.25. The zero-order valence-corrected chi connectivity index (χ0v) is 11.7. The molecule has 20 heavy (non-hydrogen) atoms. The van der Waals surface area contributed by atoms with Crippen LogP contribution in [0.5, 0.6) is 0 Å². The van der Waals surface area contributed by atoms with E-state index < -0.39 is 0 Å². The number of nitrogens with zero attached hydrogens (tertiary/aromatic N) is 1. The maximum Gasteiger partial charge on any atom is 0.225 e. The molecule has 4 nitrogen and oxygen atoms in total. The average molecular weight is 270 g/mol. The second-order valence-corrected chi connectivity index (χ2v) is 4.48. The zero-order valence-electron chi connectivity index (χ0n) is 11.7. The first-order valence-electron chi connectivity index (χ1n) is 6.25. The summed E-state index contributed by atoms with van der Waals surface area (Å²) in [6.45, 7) is 0. The summed E-state index contributed by atoms with van der Waals surface area (Å²) in [5.74, 6) is 2.14. The number of allylic oxidation sites excluding steroid dienone is 1. The van der Waals surface area contributed by atoms with Crippen LogP contribution in [0.15, 0.2) is 36.5 Å². The van der Waals surface area contributed by atoms with Gasteiger partial charge < -0.3 is 10.2 Å². The van der Waals surface area contributed by atoms with Crippen LogP contribution in [0.2, 0.25) is 0 Å². The van der Waals surface area contributed by atoms with E-state index in [1.165, 1.54) is 6.08 Å². The largest absolute Gasteiger partial charge is 0.383 e. The summed E-state index contributed by atoms with van der Waals surface area (Å²) in [6.07, 6.45) is 8.94. The van der Waals surface area contributed by atoms with Crippen LogP contribution in [0.25, 0.3) is 0 Å². The van der Waals surface area contributed by atoms with E-state index in [-0.39, 0.29) is 18.1 Å². The lowest BCUT2D eigenvalue weighted by Crippen LogP contribution is -2.11. The fourth-order valence-corrected chi connectivity index (χ4v) is 1.47. The lowest BCUT2D eigenvalue weighted by Gasteiger charge is -2.06. The number of amides is 1. The van der Waals surface area contributed by atoms with E-state index in [0.717, 1.165) is 0 Å². The molecule has 1 aromatic carbocycles. The van der Waals surface area contributed by atoms with E-state index in [4.69, 9.17) is 6.42 Å². The van der Waals surface area contributed by atoms with Gasteiger partial charge in [0.15, 0.2) is 5.78 Å². The molecule has 0 aromatic heterocycles. The number of hydrogen-bond donors (Lipinski definition) is 1. The Morgan fingerprint density at radius 3 is 2.80 bits per heavy atom. The summed E-state index contributed by atoms with van der Waals surface area (Å²) in [7, 11) is 3.68. The van der Waals surface area contributed by atoms with Crippen molar-refractivity contribution in [3.8, 4) is 12.3 Å². The highest BCUT2D eigenvalue weighted by Crippen LogP contribution is 2.12. The number of carbonyl (C=O) groups excluding carboxylic acids is 2. The number of hydrogen-bond acceptors (Lipinski definition) is 3. The highest BCUT2D eigenvalue weighted by molar-refractivity contribution is 6.05. The second-order valence-electron chi connectivity index (χ2n) is 4.48. The van der Waals surface area contributed by atoms with Crippen LogP contribution in [-0.2, 0) is 4.79 Å². The molecule has 0 bridgehead atoms. The molecule has 0 aliphatic heterocycles. The number of ketones is 1. The molecule has 1 amide bonds. The number of terminal acetylenes is 1. The van der Waals surface area contributed by atoms with Crippen LogP contribution < -0.4 is 5.32 Å². The van der Waals surface area contributed by atoms with Gasteiger partial charge >= 0.3 is 0 Å². The molecule has 1 aromatic rings. The number of carbonyl (C=O) groups is 2. The fraction of sp³-hybridized carbons (Fsp3) is 0.250. The summed E-state index contributed by atoms with van der Waals surface area (Å²) in [6, 6.07) is 6.82. The summed E-state index contributed by atoms with van der Waals surface area (Å²) >= 11 is 0. The van der Waals surface area contributed by atoms with Gasteiger partial charge in [-0.25, -0.2) is 0 Å². The Balaban J connectivity index is 2.73. The monoisotopic (exact) mass is 270 g/mol. The number of nitrogens with one attached hydrogen (secondary N) is 1. The summed E-state index contributed by atoms with van der Waals surface area (Å²) in [4.78, 5) is 25.2.